The van der Waals surface area contributed by atoms with Gasteiger partial charge in [0.05, 0.1) is 0 Å². The van der Waals surface area contributed by atoms with Crippen LogP contribution in [-0.4, -0.2) is 30.2 Å². The Hall–Kier alpha value is -2.01. The number of thiophene rings is 1. The fourth-order valence-electron chi connectivity index (χ4n) is 2.72. The number of hydrogen-bond acceptors (Lipinski definition) is 4. The van der Waals surface area contributed by atoms with Gasteiger partial charge in [-0.3, -0.25) is 4.79 Å². The Morgan fingerprint density at radius 3 is 2.86 bits per heavy atom. The van der Waals surface area contributed by atoms with Crippen LogP contribution < -0.4 is 9.47 Å². The van der Waals surface area contributed by atoms with Crippen molar-refractivity contribution >= 4 is 17.2 Å². The van der Waals surface area contributed by atoms with Gasteiger partial charge in [-0.15, -0.1) is 11.3 Å². The minimum Gasteiger partial charge on any atom is -0.454 e. The maximum atomic E-state index is 12.8. The second-order valence-corrected chi connectivity index (χ2v) is 6.66. The van der Waals surface area contributed by atoms with Gasteiger partial charge in [-0.05, 0) is 48.9 Å². The minimum atomic E-state index is 0.0948. The summed E-state index contributed by atoms with van der Waals surface area (Å²) in [4.78, 5) is 16.2. The molecule has 5 heteroatoms. The van der Waals surface area contributed by atoms with E-state index in [2.05, 4.69) is 17.5 Å². The molecule has 0 unspecified atom stereocenters. The Labute approximate surface area is 133 Å². The highest BCUT2D eigenvalue weighted by molar-refractivity contribution is 7.09. The zero-order valence-corrected chi connectivity index (χ0v) is 13.0. The molecular formula is C17H17NO3S. The van der Waals surface area contributed by atoms with Crippen molar-refractivity contribution in [3.8, 4) is 11.5 Å². The first-order chi connectivity index (χ1) is 10.8. The molecule has 1 aromatic carbocycles. The van der Waals surface area contributed by atoms with Gasteiger partial charge in [-0.1, -0.05) is 6.07 Å². The third-order valence-corrected chi connectivity index (χ3v) is 4.98. The Morgan fingerprint density at radius 1 is 1.23 bits per heavy atom. The minimum absolute atomic E-state index is 0.0948. The summed E-state index contributed by atoms with van der Waals surface area (Å²) in [5.41, 5.74) is 0.683. The lowest BCUT2D eigenvalue weighted by Crippen LogP contribution is -2.34. The van der Waals surface area contributed by atoms with Crippen molar-refractivity contribution < 1.29 is 14.3 Å². The van der Waals surface area contributed by atoms with Gasteiger partial charge in [0, 0.05) is 23.0 Å². The lowest BCUT2D eigenvalue weighted by atomic mass is 10.1. The van der Waals surface area contributed by atoms with Crippen molar-refractivity contribution in [3.05, 3.63) is 46.2 Å². The molecule has 0 bridgehead atoms. The highest BCUT2D eigenvalue weighted by Gasteiger charge is 2.33. The van der Waals surface area contributed by atoms with E-state index in [1.54, 1.807) is 17.4 Å². The molecule has 1 amide bonds. The van der Waals surface area contributed by atoms with Crippen LogP contribution >= 0.6 is 11.3 Å². The topological polar surface area (TPSA) is 38.8 Å². The normalized spacial score (nSPS) is 15.8. The van der Waals surface area contributed by atoms with Crippen LogP contribution in [0.5, 0.6) is 11.5 Å². The van der Waals surface area contributed by atoms with Crippen LogP contribution in [0.25, 0.3) is 0 Å². The van der Waals surface area contributed by atoms with Crippen molar-refractivity contribution in [1.29, 1.82) is 0 Å². The van der Waals surface area contributed by atoms with Gasteiger partial charge in [0.25, 0.3) is 5.91 Å². The van der Waals surface area contributed by atoms with Gasteiger partial charge in [0.15, 0.2) is 11.5 Å². The van der Waals surface area contributed by atoms with Gasteiger partial charge < -0.3 is 14.4 Å². The highest BCUT2D eigenvalue weighted by atomic mass is 32.1. The first kappa shape index (κ1) is 13.6. The maximum absolute atomic E-state index is 12.8. The van der Waals surface area contributed by atoms with Gasteiger partial charge in [0.1, 0.15) is 0 Å². The molecule has 0 spiro atoms. The Morgan fingerprint density at radius 2 is 2.09 bits per heavy atom. The summed E-state index contributed by atoms with van der Waals surface area (Å²) in [6.07, 6.45) is 3.14. The van der Waals surface area contributed by atoms with Crippen molar-refractivity contribution in [2.75, 3.05) is 13.3 Å². The summed E-state index contributed by atoms with van der Waals surface area (Å²) in [6, 6.07) is 10.0. The molecule has 0 N–H and O–H groups in total. The molecule has 1 aromatic heterocycles. The summed E-state index contributed by atoms with van der Waals surface area (Å²) >= 11 is 1.75. The summed E-state index contributed by atoms with van der Waals surface area (Å²) in [5, 5.41) is 2.08. The van der Waals surface area contributed by atoms with Crippen molar-refractivity contribution in [1.82, 2.24) is 4.90 Å². The van der Waals surface area contributed by atoms with Crippen molar-refractivity contribution in [2.24, 2.45) is 0 Å². The third kappa shape index (κ3) is 2.68. The van der Waals surface area contributed by atoms with E-state index in [1.807, 2.05) is 17.0 Å². The second kappa shape index (κ2) is 5.65. The average Bonchev–Trinajstić information content (AvgIpc) is 3.04. The molecule has 1 saturated carbocycles. The van der Waals surface area contributed by atoms with E-state index in [0.717, 1.165) is 25.8 Å². The summed E-state index contributed by atoms with van der Waals surface area (Å²) < 4.78 is 10.7. The number of amides is 1. The second-order valence-electron chi connectivity index (χ2n) is 5.63. The van der Waals surface area contributed by atoms with Crippen molar-refractivity contribution in [2.45, 2.75) is 25.3 Å². The molecule has 0 saturated heterocycles. The Bertz CT molecular complexity index is 679. The maximum Gasteiger partial charge on any atom is 0.254 e. The van der Waals surface area contributed by atoms with Crippen LogP contribution in [0.2, 0.25) is 0 Å². The van der Waals surface area contributed by atoms with Crippen LogP contribution in [0.4, 0.5) is 0 Å². The van der Waals surface area contributed by atoms with E-state index < -0.39 is 0 Å². The quantitative estimate of drug-likeness (QED) is 0.849. The molecule has 4 nitrogen and oxygen atoms in total. The number of ether oxygens (including phenoxy) is 2. The zero-order valence-electron chi connectivity index (χ0n) is 12.2. The Kier molecular flexibility index (Phi) is 3.50. The third-order valence-electron chi connectivity index (χ3n) is 4.05. The zero-order chi connectivity index (χ0) is 14.9. The van der Waals surface area contributed by atoms with Crippen LogP contribution in [0, 0.1) is 0 Å². The van der Waals surface area contributed by atoms with E-state index in [1.165, 1.54) is 4.88 Å². The largest absolute Gasteiger partial charge is 0.454 e. The first-order valence-electron chi connectivity index (χ1n) is 7.54. The number of nitrogens with zero attached hydrogens (tertiary/aromatic N) is 1. The summed E-state index contributed by atoms with van der Waals surface area (Å²) in [6.45, 7) is 1.01. The molecular weight excluding hydrogens is 298 g/mol. The van der Waals surface area contributed by atoms with Gasteiger partial charge in [0.2, 0.25) is 6.79 Å². The molecule has 1 fully saturated rings. The molecule has 22 heavy (non-hydrogen) atoms. The standard InChI is InChI=1S/C17H17NO3S/c19-17(12-3-6-15-16(10-12)21-11-20-15)18(13-4-5-13)8-7-14-2-1-9-22-14/h1-3,6,9-10,13H,4-5,7-8,11H2. The molecule has 4 rings (SSSR count). The Balaban J connectivity index is 1.50. The molecule has 0 radical (unpaired) electrons. The van der Waals surface area contributed by atoms with E-state index in [-0.39, 0.29) is 12.7 Å². The highest BCUT2D eigenvalue weighted by Crippen LogP contribution is 2.34. The van der Waals surface area contributed by atoms with Gasteiger partial charge >= 0.3 is 0 Å². The van der Waals surface area contributed by atoms with Crippen LogP contribution in [0.15, 0.2) is 35.7 Å². The average molecular weight is 315 g/mol. The molecule has 1 aliphatic heterocycles. The fraction of sp³-hybridized carbons (Fsp3) is 0.353. The molecule has 114 valence electrons. The van der Waals surface area contributed by atoms with Crippen LogP contribution in [0.3, 0.4) is 0 Å². The van der Waals surface area contributed by atoms with E-state index in [9.17, 15) is 4.79 Å². The number of fused-ring (bicyclic) bond motifs is 1. The molecule has 2 heterocycles. The van der Waals surface area contributed by atoms with E-state index in [4.69, 9.17) is 9.47 Å². The number of benzene rings is 1. The molecule has 2 aliphatic rings. The number of carbonyl (C=O) groups excluding carboxylic acids is 1. The monoisotopic (exact) mass is 315 g/mol. The SMILES string of the molecule is O=C(c1ccc2c(c1)OCO2)N(CCc1cccs1)C1CC1. The predicted octanol–water partition coefficient (Wildman–Crippen LogP) is 3.32. The lowest BCUT2D eigenvalue weighted by Gasteiger charge is -2.22. The van der Waals surface area contributed by atoms with E-state index in [0.29, 0.717) is 23.1 Å². The smallest absolute Gasteiger partial charge is 0.254 e. The molecule has 2 aromatic rings. The molecule has 1 aliphatic carbocycles. The molecule has 0 atom stereocenters. The van der Waals surface area contributed by atoms with E-state index >= 15 is 0 Å². The lowest BCUT2D eigenvalue weighted by molar-refractivity contribution is 0.0745. The number of carbonyl (C=O) groups is 1. The van der Waals surface area contributed by atoms with Crippen LogP contribution in [0.1, 0.15) is 28.1 Å². The number of hydrogen-bond donors (Lipinski definition) is 0. The van der Waals surface area contributed by atoms with Crippen molar-refractivity contribution in [3.63, 3.8) is 0 Å². The van der Waals surface area contributed by atoms with Gasteiger partial charge in [-0.2, -0.15) is 0 Å². The predicted molar refractivity (Wildman–Crippen MR) is 84.6 cm³/mol. The number of rotatable bonds is 5. The first-order valence-corrected chi connectivity index (χ1v) is 8.42. The summed E-state index contributed by atoms with van der Waals surface area (Å²) in [5.74, 6) is 1.48. The summed E-state index contributed by atoms with van der Waals surface area (Å²) in [7, 11) is 0. The van der Waals surface area contributed by atoms with Crippen LogP contribution in [-0.2, 0) is 6.42 Å². The fourth-order valence-corrected chi connectivity index (χ4v) is 3.42. The van der Waals surface area contributed by atoms with Gasteiger partial charge in [-0.25, -0.2) is 0 Å².